The van der Waals surface area contributed by atoms with E-state index in [9.17, 15) is 4.79 Å². The quantitative estimate of drug-likeness (QED) is 0.658. The first-order valence-corrected chi connectivity index (χ1v) is 9.03. The van der Waals surface area contributed by atoms with Gasteiger partial charge in [-0.3, -0.25) is 4.79 Å². The summed E-state index contributed by atoms with van der Waals surface area (Å²) < 4.78 is 0. The number of para-hydroxylation sites is 1. The summed E-state index contributed by atoms with van der Waals surface area (Å²) in [5.74, 6) is 0.576. The van der Waals surface area contributed by atoms with Gasteiger partial charge in [0.25, 0.3) is 5.91 Å². The van der Waals surface area contributed by atoms with E-state index in [-0.39, 0.29) is 11.9 Å². The van der Waals surface area contributed by atoms with E-state index in [1.807, 2.05) is 92.5 Å². The summed E-state index contributed by atoms with van der Waals surface area (Å²) >= 11 is 0. The van der Waals surface area contributed by atoms with Crippen molar-refractivity contribution in [2.24, 2.45) is 0 Å². The molecule has 2 aromatic carbocycles. The van der Waals surface area contributed by atoms with Crippen molar-refractivity contribution in [2.45, 2.75) is 26.4 Å². The molecule has 27 heavy (non-hydrogen) atoms. The van der Waals surface area contributed by atoms with Crippen LogP contribution in [0.15, 0.2) is 72.8 Å². The molecule has 0 unspecified atom stereocenters. The van der Waals surface area contributed by atoms with Gasteiger partial charge in [-0.05, 0) is 43.7 Å². The average Bonchev–Trinajstić information content (AvgIpc) is 2.72. The minimum absolute atomic E-state index is 0.0613. The summed E-state index contributed by atoms with van der Waals surface area (Å²) in [5.41, 5.74) is 2.46. The molecule has 0 bridgehead atoms. The first-order chi connectivity index (χ1) is 13.1. The van der Waals surface area contributed by atoms with Crippen LogP contribution in [0.4, 0.5) is 11.5 Å². The normalized spacial score (nSPS) is 10.7. The molecule has 0 saturated heterocycles. The van der Waals surface area contributed by atoms with Crippen LogP contribution in [0.3, 0.4) is 0 Å². The molecule has 138 valence electrons. The average molecular weight is 360 g/mol. The lowest BCUT2D eigenvalue weighted by molar-refractivity contribution is 0.0683. The highest BCUT2D eigenvalue weighted by atomic mass is 16.2. The number of hydrogen-bond donors (Lipinski definition) is 0. The van der Waals surface area contributed by atoms with Crippen molar-refractivity contribution < 1.29 is 4.79 Å². The number of anilines is 2. The van der Waals surface area contributed by atoms with Crippen LogP contribution >= 0.6 is 0 Å². The summed E-state index contributed by atoms with van der Waals surface area (Å²) in [7, 11) is 1.93. The second-order valence-electron chi connectivity index (χ2n) is 6.68. The second kappa shape index (κ2) is 8.45. The Morgan fingerprint density at radius 2 is 1.52 bits per heavy atom. The van der Waals surface area contributed by atoms with Crippen molar-refractivity contribution in [2.75, 3.05) is 11.9 Å². The van der Waals surface area contributed by atoms with Crippen LogP contribution in [0.2, 0.25) is 0 Å². The van der Waals surface area contributed by atoms with Crippen molar-refractivity contribution in [3.05, 3.63) is 84.1 Å². The number of benzene rings is 2. The Balaban J connectivity index is 1.77. The largest absolute Gasteiger partial charge is 0.331 e. The van der Waals surface area contributed by atoms with Gasteiger partial charge < -0.3 is 9.80 Å². The monoisotopic (exact) mass is 360 g/mol. The van der Waals surface area contributed by atoms with Gasteiger partial charge in [0.2, 0.25) is 0 Å². The fraction of sp³-hybridized carbons (Fsp3) is 0.227. The van der Waals surface area contributed by atoms with Crippen LogP contribution in [-0.4, -0.2) is 34.1 Å². The van der Waals surface area contributed by atoms with Crippen molar-refractivity contribution in [3.8, 4) is 0 Å². The van der Waals surface area contributed by atoms with Gasteiger partial charge in [-0.2, -0.15) is 0 Å². The Morgan fingerprint density at radius 3 is 2.07 bits per heavy atom. The molecule has 0 atom stereocenters. The lowest BCUT2D eigenvalue weighted by Gasteiger charge is -2.26. The molecule has 5 nitrogen and oxygen atoms in total. The SMILES string of the molecule is CC(C)N(Cc1ccccc1)C(=O)c1ccc(N(C)c2ccccc2)nn1. The highest BCUT2D eigenvalue weighted by molar-refractivity contribution is 5.92. The third-order valence-corrected chi connectivity index (χ3v) is 4.44. The summed E-state index contributed by atoms with van der Waals surface area (Å²) in [6.07, 6.45) is 0. The fourth-order valence-electron chi connectivity index (χ4n) is 2.82. The number of hydrogen-bond acceptors (Lipinski definition) is 4. The second-order valence-corrected chi connectivity index (χ2v) is 6.68. The zero-order valence-electron chi connectivity index (χ0n) is 15.9. The zero-order valence-corrected chi connectivity index (χ0v) is 15.9. The maximum absolute atomic E-state index is 13.0. The third kappa shape index (κ3) is 4.50. The van der Waals surface area contributed by atoms with Gasteiger partial charge in [0.05, 0.1) is 0 Å². The van der Waals surface area contributed by atoms with Gasteiger partial charge in [0.15, 0.2) is 11.5 Å². The molecular formula is C22H24N4O. The van der Waals surface area contributed by atoms with E-state index >= 15 is 0 Å². The third-order valence-electron chi connectivity index (χ3n) is 4.44. The summed E-state index contributed by atoms with van der Waals surface area (Å²) in [4.78, 5) is 16.7. The molecule has 1 amide bonds. The Hall–Kier alpha value is -3.21. The van der Waals surface area contributed by atoms with Crippen molar-refractivity contribution >= 4 is 17.4 Å². The predicted molar refractivity (Wildman–Crippen MR) is 108 cm³/mol. The number of carbonyl (C=O) groups is 1. The highest BCUT2D eigenvalue weighted by Crippen LogP contribution is 2.21. The molecule has 0 aliphatic heterocycles. The van der Waals surface area contributed by atoms with Crippen molar-refractivity contribution in [1.82, 2.24) is 15.1 Å². The van der Waals surface area contributed by atoms with Gasteiger partial charge in [-0.25, -0.2) is 0 Å². The molecule has 0 fully saturated rings. The van der Waals surface area contributed by atoms with Gasteiger partial charge in [-0.1, -0.05) is 48.5 Å². The maximum Gasteiger partial charge on any atom is 0.274 e. The van der Waals surface area contributed by atoms with E-state index < -0.39 is 0 Å². The Bertz CT molecular complexity index is 864. The van der Waals surface area contributed by atoms with Crippen LogP contribution in [0.5, 0.6) is 0 Å². The Labute approximate surface area is 160 Å². The van der Waals surface area contributed by atoms with E-state index in [0.29, 0.717) is 18.1 Å². The van der Waals surface area contributed by atoms with Crippen molar-refractivity contribution in [1.29, 1.82) is 0 Å². The summed E-state index contributed by atoms with van der Waals surface area (Å²) in [6, 6.07) is 23.5. The molecule has 0 aliphatic carbocycles. The lowest BCUT2D eigenvalue weighted by Crippen LogP contribution is -2.37. The van der Waals surface area contributed by atoms with Crippen LogP contribution in [0.25, 0.3) is 0 Å². The molecule has 5 heteroatoms. The molecule has 1 aromatic heterocycles. The Kier molecular flexibility index (Phi) is 5.81. The van der Waals surface area contributed by atoms with Gasteiger partial charge in [0, 0.05) is 25.3 Å². The standard InChI is InChI=1S/C22H24N4O/c1-17(2)26(16-18-10-6-4-7-11-18)22(27)20-14-15-21(24-23-20)25(3)19-12-8-5-9-13-19/h4-15,17H,16H2,1-3H3. The summed E-state index contributed by atoms with van der Waals surface area (Å²) in [6.45, 7) is 4.56. The fourth-order valence-corrected chi connectivity index (χ4v) is 2.82. The molecule has 0 N–H and O–H groups in total. The van der Waals surface area contributed by atoms with E-state index in [1.165, 1.54) is 0 Å². The van der Waals surface area contributed by atoms with Crippen LogP contribution < -0.4 is 4.90 Å². The van der Waals surface area contributed by atoms with Crippen LogP contribution in [0.1, 0.15) is 29.9 Å². The number of carbonyl (C=O) groups excluding carboxylic acids is 1. The molecular weight excluding hydrogens is 336 g/mol. The van der Waals surface area contributed by atoms with Crippen molar-refractivity contribution in [3.63, 3.8) is 0 Å². The van der Waals surface area contributed by atoms with Gasteiger partial charge in [0.1, 0.15) is 0 Å². The topological polar surface area (TPSA) is 49.3 Å². The van der Waals surface area contributed by atoms with E-state index in [0.717, 1.165) is 11.3 Å². The van der Waals surface area contributed by atoms with Gasteiger partial charge >= 0.3 is 0 Å². The minimum Gasteiger partial charge on any atom is -0.331 e. The summed E-state index contributed by atoms with van der Waals surface area (Å²) in [5, 5.41) is 8.44. The molecule has 0 saturated carbocycles. The highest BCUT2D eigenvalue weighted by Gasteiger charge is 2.21. The molecule has 1 heterocycles. The lowest BCUT2D eigenvalue weighted by atomic mass is 10.1. The smallest absolute Gasteiger partial charge is 0.274 e. The number of nitrogens with zero attached hydrogens (tertiary/aromatic N) is 4. The van der Waals surface area contributed by atoms with E-state index in [1.54, 1.807) is 11.0 Å². The molecule has 0 spiro atoms. The first-order valence-electron chi connectivity index (χ1n) is 9.03. The van der Waals surface area contributed by atoms with Crippen LogP contribution in [-0.2, 0) is 6.54 Å². The van der Waals surface area contributed by atoms with E-state index in [2.05, 4.69) is 10.2 Å². The Morgan fingerprint density at radius 1 is 0.889 bits per heavy atom. The number of rotatable bonds is 6. The zero-order chi connectivity index (χ0) is 19.2. The maximum atomic E-state index is 13.0. The molecule has 3 aromatic rings. The molecule has 0 aliphatic rings. The van der Waals surface area contributed by atoms with E-state index in [4.69, 9.17) is 0 Å². The van der Waals surface area contributed by atoms with Crippen LogP contribution in [0, 0.1) is 0 Å². The predicted octanol–water partition coefficient (Wildman–Crippen LogP) is 4.30. The first kappa shape index (κ1) is 18.6. The molecule has 0 radical (unpaired) electrons. The minimum atomic E-state index is -0.115. The molecule has 3 rings (SSSR count). The number of amides is 1. The number of aromatic nitrogens is 2. The van der Waals surface area contributed by atoms with Gasteiger partial charge in [-0.15, -0.1) is 10.2 Å².